The monoisotopic (exact) mass is 179 g/mol. The molecule has 0 fully saturated rings. The molecule has 0 saturated carbocycles. The van der Waals surface area contributed by atoms with E-state index < -0.39 is 0 Å². The molecule has 58 valence electrons. The van der Waals surface area contributed by atoms with Crippen molar-refractivity contribution in [2.75, 3.05) is 6.61 Å². The molecule has 0 bridgehead atoms. The Hall–Kier alpha value is -0.120. The number of aliphatic hydroxyl groups excluding tert-OH is 1. The molecule has 2 nitrogen and oxygen atoms in total. The van der Waals surface area contributed by atoms with Crippen molar-refractivity contribution in [1.29, 1.82) is 0 Å². The number of nitrogens with zero attached hydrogens (tertiary/aromatic N) is 1. The van der Waals surface area contributed by atoms with Gasteiger partial charge in [0, 0.05) is 13.0 Å². The highest BCUT2D eigenvalue weighted by atomic mass is 35.5. The van der Waals surface area contributed by atoms with Crippen LogP contribution in [0.1, 0.15) is 6.42 Å². The minimum Gasteiger partial charge on any atom is -1.00 e. The predicted molar refractivity (Wildman–Crippen MR) is 36.2 cm³/mol. The van der Waals surface area contributed by atoms with Gasteiger partial charge in [-0.05, 0) is 0 Å². The summed E-state index contributed by atoms with van der Waals surface area (Å²) in [5.41, 5.74) is 2.04. The number of thiazole rings is 1. The third-order valence-corrected chi connectivity index (χ3v) is 1.77. The van der Waals surface area contributed by atoms with Crippen molar-refractivity contribution < 1.29 is 22.1 Å². The van der Waals surface area contributed by atoms with E-state index in [9.17, 15) is 0 Å². The summed E-state index contributed by atoms with van der Waals surface area (Å²) in [5.74, 6) is 0. The molecular formula is C6H10ClNOS. The predicted octanol–water partition coefficient (Wildman–Crippen LogP) is -2.58. The number of aromatic nitrogens is 1. The first kappa shape index (κ1) is 9.88. The highest BCUT2D eigenvalue weighted by Gasteiger charge is 1.96. The van der Waals surface area contributed by atoms with Crippen LogP contribution < -0.4 is 17.0 Å². The van der Waals surface area contributed by atoms with E-state index in [1.807, 2.05) is 17.1 Å². The van der Waals surface area contributed by atoms with E-state index in [2.05, 4.69) is 4.57 Å². The van der Waals surface area contributed by atoms with Gasteiger partial charge in [-0.2, -0.15) is 4.57 Å². The lowest BCUT2D eigenvalue weighted by atomic mass is 10.4. The van der Waals surface area contributed by atoms with E-state index >= 15 is 0 Å². The van der Waals surface area contributed by atoms with E-state index in [1.165, 1.54) is 0 Å². The van der Waals surface area contributed by atoms with Gasteiger partial charge in [0.2, 0.25) is 5.51 Å². The number of hydrogen-bond donors (Lipinski definition) is 1. The van der Waals surface area contributed by atoms with Crippen LogP contribution in [0.15, 0.2) is 17.1 Å². The fraction of sp³-hybridized carbons (Fsp3) is 0.500. The summed E-state index contributed by atoms with van der Waals surface area (Å²) in [4.78, 5) is 0. The standard InChI is InChI=1S/C6H10NOS.ClH/c8-4-1-2-7-3-5-9-6-7;/h3,5-6,8H,1-2,4H2;1H/q+1;/p-1. The van der Waals surface area contributed by atoms with Gasteiger partial charge in [-0.1, -0.05) is 11.3 Å². The Bertz CT molecular complexity index is 155. The van der Waals surface area contributed by atoms with E-state index in [-0.39, 0.29) is 19.0 Å². The molecule has 0 unspecified atom stereocenters. The first-order chi connectivity index (χ1) is 4.43. The molecular weight excluding hydrogens is 170 g/mol. The van der Waals surface area contributed by atoms with Crippen molar-refractivity contribution in [3.8, 4) is 0 Å². The van der Waals surface area contributed by atoms with Crippen LogP contribution in [0.5, 0.6) is 0 Å². The average Bonchev–Trinajstić information content (AvgIpc) is 2.34. The number of aryl methyl sites for hydroxylation is 1. The van der Waals surface area contributed by atoms with E-state index in [0.717, 1.165) is 13.0 Å². The second-order valence-corrected chi connectivity index (χ2v) is 2.60. The third-order valence-electron chi connectivity index (χ3n) is 1.10. The molecule has 1 rings (SSSR count). The second-order valence-electron chi connectivity index (χ2n) is 1.84. The largest absolute Gasteiger partial charge is 1.00 e. The molecule has 0 amide bonds. The van der Waals surface area contributed by atoms with Crippen LogP contribution in [0.2, 0.25) is 0 Å². The molecule has 1 aromatic rings. The second kappa shape index (κ2) is 5.65. The minimum absolute atomic E-state index is 0. The lowest BCUT2D eigenvalue weighted by molar-refractivity contribution is -0.692. The number of aliphatic hydroxyl groups is 1. The van der Waals surface area contributed by atoms with Gasteiger partial charge in [-0.25, -0.2) is 0 Å². The molecule has 1 N–H and O–H groups in total. The molecule has 1 aromatic heterocycles. The molecule has 1 heterocycles. The Morgan fingerprint density at radius 2 is 2.30 bits per heavy atom. The van der Waals surface area contributed by atoms with Gasteiger partial charge in [-0.3, -0.25) is 0 Å². The molecule has 0 aliphatic heterocycles. The number of hydrogen-bond acceptors (Lipinski definition) is 2. The third kappa shape index (κ3) is 3.15. The van der Waals surface area contributed by atoms with Crippen LogP contribution in [0.4, 0.5) is 0 Å². The Morgan fingerprint density at radius 3 is 2.80 bits per heavy atom. The fourth-order valence-electron chi connectivity index (χ4n) is 0.642. The van der Waals surface area contributed by atoms with Gasteiger partial charge in [0.05, 0.1) is 5.38 Å². The molecule has 0 spiro atoms. The molecule has 0 aromatic carbocycles. The van der Waals surface area contributed by atoms with E-state index in [4.69, 9.17) is 5.11 Å². The Kier molecular flexibility index (Phi) is 5.58. The van der Waals surface area contributed by atoms with Crippen LogP contribution in [0.3, 0.4) is 0 Å². The quantitative estimate of drug-likeness (QED) is 0.507. The Morgan fingerprint density at radius 1 is 1.50 bits per heavy atom. The molecule has 0 saturated heterocycles. The molecule has 10 heavy (non-hydrogen) atoms. The van der Waals surface area contributed by atoms with Gasteiger partial charge < -0.3 is 17.5 Å². The zero-order valence-corrected chi connectivity index (χ0v) is 7.11. The molecule has 4 heteroatoms. The van der Waals surface area contributed by atoms with Crippen LogP contribution >= 0.6 is 11.3 Å². The van der Waals surface area contributed by atoms with Crippen LogP contribution in [-0.4, -0.2) is 11.7 Å². The normalized spacial score (nSPS) is 8.90. The zero-order chi connectivity index (χ0) is 6.53. The maximum absolute atomic E-state index is 8.46. The molecule has 0 aliphatic carbocycles. The first-order valence-electron chi connectivity index (χ1n) is 2.95. The zero-order valence-electron chi connectivity index (χ0n) is 5.53. The molecule has 0 radical (unpaired) electrons. The van der Waals surface area contributed by atoms with Crippen molar-refractivity contribution in [3.05, 3.63) is 17.1 Å². The van der Waals surface area contributed by atoms with Gasteiger partial charge in [-0.15, -0.1) is 0 Å². The maximum atomic E-state index is 8.46. The first-order valence-corrected chi connectivity index (χ1v) is 3.90. The fourth-order valence-corrected chi connectivity index (χ4v) is 1.27. The van der Waals surface area contributed by atoms with Crippen LogP contribution in [0.25, 0.3) is 0 Å². The number of rotatable bonds is 3. The van der Waals surface area contributed by atoms with Crippen molar-refractivity contribution in [3.63, 3.8) is 0 Å². The smallest absolute Gasteiger partial charge is 0.224 e. The summed E-state index contributed by atoms with van der Waals surface area (Å²) in [6.45, 7) is 1.21. The highest BCUT2D eigenvalue weighted by molar-refractivity contribution is 7.07. The Balaban J connectivity index is 0.000000810. The van der Waals surface area contributed by atoms with Gasteiger partial charge in [0.1, 0.15) is 0 Å². The summed E-state index contributed by atoms with van der Waals surface area (Å²) in [6, 6.07) is 0. The van der Waals surface area contributed by atoms with Crippen molar-refractivity contribution in [1.82, 2.24) is 0 Å². The van der Waals surface area contributed by atoms with Crippen LogP contribution in [0, 0.1) is 0 Å². The van der Waals surface area contributed by atoms with E-state index in [1.54, 1.807) is 11.3 Å². The van der Waals surface area contributed by atoms with Crippen molar-refractivity contribution in [2.45, 2.75) is 13.0 Å². The van der Waals surface area contributed by atoms with Gasteiger partial charge >= 0.3 is 0 Å². The van der Waals surface area contributed by atoms with E-state index in [0.29, 0.717) is 0 Å². The van der Waals surface area contributed by atoms with Crippen LogP contribution in [-0.2, 0) is 6.54 Å². The Labute approximate surface area is 70.5 Å². The van der Waals surface area contributed by atoms with Gasteiger partial charge in [0.15, 0.2) is 12.7 Å². The summed E-state index contributed by atoms with van der Waals surface area (Å²) in [7, 11) is 0. The highest BCUT2D eigenvalue weighted by Crippen LogP contribution is 1.88. The summed E-state index contributed by atoms with van der Waals surface area (Å²) in [5, 5.41) is 10.5. The summed E-state index contributed by atoms with van der Waals surface area (Å²) < 4.78 is 2.07. The minimum atomic E-state index is 0. The SMILES string of the molecule is OCCC[n+]1ccsc1.[Cl-]. The molecule has 0 aliphatic rings. The number of halogens is 1. The van der Waals surface area contributed by atoms with Crippen molar-refractivity contribution in [2.24, 2.45) is 0 Å². The summed E-state index contributed by atoms with van der Waals surface area (Å²) in [6.07, 6.45) is 2.86. The molecule has 0 atom stereocenters. The maximum Gasteiger partial charge on any atom is 0.224 e. The van der Waals surface area contributed by atoms with Gasteiger partial charge in [0.25, 0.3) is 0 Å². The lowest BCUT2D eigenvalue weighted by Crippen LogP contribution is -3.00. The van der Waals surface area contributed by atoms with Crippen molar-refractivity contribution >= 4 is 11.3 Å². The average molecular weight is 180 g/mol. The lowest BCUT2D eigenvalue weighted by Gasteiger charge is -1.86. The topological polar surface area (TPSA) is 24.1 Å². The summed E-state index contributed by atoms with van der Waals surface area (Å²) >= 11 is 1.67.